The molecule has 0 N–H and O–H groups in total. The van der Waals surface area contributed by atoms with Gasteiger partial charge in [0.15, 0.2) is 5.65 Å². The van der Waals surface area contributed by atoms with E-state index < -0.39 is 5.97 Å². The number of fused-ring (bicyclic) bond motifs is 1. The molecule has 0 aromatic carbocycles. The largest absolute Gasteiger partial charge is 0.467 e. The lowest BCUT2D eigenvalue weighted by atomic mass is 10.4. The third-order valence-corrected chi connectivity index (χ3v) is 3.26. The van der Waals surface area contributed by atoms with Gasteiger partial charge in [0.2, 0.25) is 0 Å². The number of nitrogens with zero attached hydrogens (tertiary/aromatic N) is 3. The molecule has 0 spiro atoms. The van der Waals surface area contributed by atoms with Crippen LogP contribution in [0.1, 0.15) is 12.7 Å². The fourth-order valence-corrected chi connectivity index (χ4v) is 2.34. The summed E-state index contributed by atoms with van der Waals surface area (Å²) < 4.78 is 13.0. The maximum Gasteiger partial charge on any atom is 0.331 e. The van der Waals surface area contributed by atoms with E-state index >= 15 is 0 Å². The van der Waals surface area contributed by atoms with Crippen LogP contribution in [0.3, 0.4) is 0 Å². The van der Waals surface area contributed by atoms with Crippen molar-refractivity contribution in [1.82, 2.24) is 14.1 Å². The van der Waals surface area contributed by atoms with Crippen molar-refractivity contribution in [1.29, 1.82) is 0 Å². The normalized spacial score (nSPS) is 11.0. The third kappa shape index (κ3) is 2.52. The smallest absolute Gasteiger partial charge is 0.331 e. The lowest BCUT2D eigenvalue weighted by Crippen LogP contribution is -2.28. The van der Waals surface area contributed by atoms with Gasteiger partial charge in [0.1, 0.15) is 12.3 Å². The molecule has 0 fully saturated rings. The van der Waals surface area contributed by atoms with Crippen molar-refractivity contribution in [3.63, 3.8) is 0 Å². The van der Waals surface area contributed by atoms with E-state index in [2.05, 4.69) is 4.98 Å². The molecule has 3 rings (SSSR count). The summed E-state index contributed by atoms with van der Waals surface area (Å²) in [5, 5.41) is 0. The number of hydrogen-bond acceptors (Lipinski definition) is 5. The number of carbonyl (C=O) groups is 1. The maximum absolute atomic E-state index is 12.6. The zero-order valence-electron chi connectivity index (χ0n) is 12.1. The first-order valence-corrected chi connectivity index (χ1v) is 6.92. The minimum atomic E-state index is -0.453. The number of pyridine rings is 1. The van der Waals surface area contributed by atoms with Gasteiger partial charge in [-0.15, -0.1) is 0 Å². The Morgan fingerprint density at radius 3 is 2.91 bits per heavy atom. The second-order valence-corrected chi connectivity index (χ2v) is 4.69. The Balaban J connectivity index is 2.07. The second kappa shape index (κ2) is 5.88. The van der Waals surface area contributed by atoms with Gasteiger partial charge in [0.05, 0.1) is 24.9 Å². The summed E-state index contributed by atoms with van der Waals surface area (Å²) in [6.07, 6.45) is 3.15. The average Bonchev–Trinajstić information content (AvgIpc) is 3.11. The van der Waals surface area contributed by atoms with Crippen LogP contribution >= 0.6 is 0 Å². The highest BCUT2D eigenvalue weighted by atomic mass is 16.5. The van der Waals surface area contributed by atoms with Crippen LogP contribution in [0.25, 0.3) is 11.2 Å². The summed E-state index contributed by atoms with van der Waals surface area (Å²) in [7, 11) is 0. The fraction of sp³-hybridized carbons (Fsp3) is 0.267. The molecule has 0 aliphatic rings. The van der Waals surface area contributed by atoms with E-state index in [1.165, 1.54) is 9.13 Å². The van der Waals surface area contributed by atoms with Gasteiger partial charge in [0, 0.05) is 6.20 Å². The second-order valence-electron chi connectivity index (χ2n) is 4.69. The molecule has 0 saturated carbocycles. The number of ether oxygens (including phenoxy) is 1. The molecule has 0 bridgehead atoms. The van der Waals surface area contributed by atoms with Crippen molar-refractivity contribution in [3.8, 4) is 0 Å². The molecule has 114 valence electrons. The molecule has 0 atom stereocenters. The zero-order chi connectivity index (χ0) is 15.5. The quantitative estimate of drug-likeness (QED) is 0.666. The van der Waals surface area contributed by atoms with Gasteiger partial charge >= 0.3 is 11.7 Å². The van der Waals surface area contributed by atoms with Gasteiger partial charge in [-0.25, -0.2) is 9.78 Å². The third-order valence-electron chi connectivity index (χ3n) is 3.26. The van der Waals surface area contributed by atoms with Gasteiger partial charge in [0.25, 0.3) is 0 Å². The Bertz CT molecular complexity index is 845. The average molecular weight is 301 g/mol. The summed E-state index contributed by atoms with van der Waals surface area (Å²) in [5.41, 5.74) is 0.776. The zero-order valence-corrected chi connectivity index (χ0v) is 12.1. The Labute approximate surface area is 125 Å². The van der Waals surface area contributed by atoms with E-state index in [0.717, 1.165) is 0 Å². The Hall–Kier alpha value is -2.83. The van der Waals surface area contributed by atoms with Crippen LogP contribution in [0, 0.1) is 0 Å². The monoisotopic (exact) mass is 301 g/mol. The molecule has 0 aliphatic carbocycles. The number of carbonyl (C=O) groups excluding carboxylic acids is 1. The van der Waals surface area contributed by atoms with Crippen LogP contribution in [-0.4, -0.2) is 26.7 Å². The molecule has 3 aromatic rings. The summed E-state index contributed by atoms with van der Waals surface area (Å²) in [6, 6.07) is 7.01. The van der Waals surface area contributed by atoms with Gasteiger partial charge in [-0.3, -0.25) is 13.9 Å². The van der Waals surface area contributed by atoms with Crippen LogP contribution in [0.15, 0.2) is 45.9 Å². The highest BCUT2D eigenvalue weighted by Crippen LogP contribution is 2.12. The molecule has 0 amide bonds. The van der Waals surface area contributed by atoms with Crippen molar-refractivity contribution in [3.05, 3.63) is 53.0 Å². The van der Waals surface area contributed by atoms with Crippen LogP contribution < -0.4 is 5.69 Å². The highest BCUT2D eigenvalue weighted by Gasteiger charge is 2.17. The Kier molecular flexibility index (Phi) is 3.78. The highest BCUT2D eigenvalue weighted by molar-refractivity contribution is 5.75. The lowest BCUT2D eigenvalue weighted by molar-refractivity contribution is -0.143. The molecular weight excluding hydrogens is 286 g/mol. The van der Waals surface area contributed by atoms with Crippen LogP contribution in [0.5, 0.6) is 0 Å². The number of esters is 1. The van der Waals surface area contributed by atoms with Crippen molar-refractivity contribution in [2.45, 2.75) is 20.0 Å². The van der Waals surface area contributed by atoms with E-state index in [-0.39, 0.29) is 25.4 Å². The molecule has 0 saturated heterocycles. The van der Waals surface area contributed by atoms with Crippen molar-refractivity contribution < 1.29 is 13.9 Å². The van der Waals surface area contributed by atoms with Crippen molar-refractivity contribution >= 4 is 17.1 Å². The summed E-state index contributed by atoms with van der Waals surface area (Å²) >= 11 is 0. The molecule has 0 unspecified atom stereocenters. The first-order valence-electron chi connectivity index (χ1n) is 6.92. The standard InChI is InChI=1S/C15H15N3O4/c1-2-21-13(19)10-17-12-6-3-7-16-14(12)18(15(17)20)9-11-5-4-8-22-11/h3-8H,2,9-10H2,1H3. The molecule has 3 aromatic heterocycles. The SMILES string of the molecule is CCOC(=O)Cn1c(=O)n(Cc2ccco2)c2ncccc21. The number of furan rings is 1. The van der Waals surface area contributed by atoms with E-state index in [4.69, 9.17) is 9.15 Å². The molecule has 0 aliphatic heterocycles. The van der Waals surface area contributed by atoms with Gasteiger partial charge < -0.3 is 9.15 Å². The molecular formula is C15H15N3O4. The van der Waals surface area contributed by atoms with E-state index in [0.29, 0.717) is 16.9 Å². The molecule has 7 heteroatoms. The minimum Gasteiger partial charge on any atom is -0.467 e. The maximum atomic E-state index is 12.6. The number of aromatic nitrogens is 3. The molecule has 7 nitrogen and oxygen atoms in total. The van der Waals surface area contributed by atoms with Crippen LogP contribution in [0.4, 0.5) is 0 Å². The number of rotatable bonds is 5. The first-order chi connectivity index (χ1) is 10.7. The topological polar surface area (TPSA) is 79.3 Å². The predicted octanol–water partition coefficient (Wildman–Crippen LogP) is 1.40. The van der Waals surface area contributed by atoms with E-state index in [9.17, 15) is 9.59 Å². The summed E-state index contributed by atoms with van der Waals surface area (Å²) in [4.78, 5) is 28.5. The van der Waals surface area contributed by atoms with Crippen molar-refractivity contribution in [2.24, 2.45) is 0 Å². The van der Waals surface area contributed by atoms with E-state index in [1.54, 1.807) is 43.6 Å². The fourth-order valence-electron chi connectivity index (χ4n) is 2.34. The summed E-state index contributed by atoms with van der Waals surface area (Å²) in [6.45, 7) is 2.12. The van der Waals surface area contributed by atoms with E-state index in [1.807, 2.05) is 0 Å². The Morgan fingerprint density at radius 2 is 2.18 bits per heavy atom. The minimum absolute atomic E-state index is 0.139. The molecule has 0 radical (unpaired) electrons. The number of imidazole rings is 1. The van der Waals surface area contributed by atoms with Crippen LogP contribution in [0.2, 0.25) is 0 Å². The number of hydrogen-bond donors (Lipinski definition) is 0. The van der Waals surface area contributed by atoms with Gasteiger partial charge in [-0.2, -0.15) is 0 Å². The Morgan fingerprint density at radius 1 is 1.32 bits per heavy atom. The first kappa shape index (κ1) is 14.1. The predicted molar refractivity (Wildman–Crippen MR) is 78.4 cm³/mol. The van der Waals surface area contributed by atoms with Gasteiger partial charge in [-0.1, -0.05) is 0 Å². The van der Waals surface area contributed by atoms with Gasteiger partial charge in [-0.05, 0) is 31.2 Å². The van der Waals surface area contributed by atoms with Crippen molar-refractivity contribution in [2.75, 3.05) is 6.61 Å². The molecule has 22 heavy (non-hydrogen) atoms. The van der Waals surface area contributed by atoms with Crippen LogP contribution in [-0.2, 0) is 22.6 Å². The summed E-state index contributed by atoms with van der Waals surface area (Å²) in [5.74, 6) is 0.188. The lowest BCUT2D eigenvalue weighted by Gasteiger charge is -2.02. The molecule has 3 heterocycles.